The Balaban J connectivity index is 2.20. The summed E-state index contributed by atoms with van der Waals surface area (Å²) >= 11 is 3.48. The summed E-state index contributed by atoms with van der Waals surface area (Å²) in [4.78, 5) is 13.4. The van der Waals surface area contributed by atoms with Crippen LogP contribution < -0.4 is 4.74 Å². The minimum atomic E-state index is -0.692. The summed E-state index contributed by atoms with van der Waals surface area (Å²) in [7, 11) is 1.66. The number of benzene rings is 1. The zero-order valence-electron chi connectivity index (χ0n) is 11.8. The highest BCUT2D eigenvalue weighted by Gasteiger charge is 2.29. The second kappa shape index (κ2) is 6.59. The highest BCUT2D eigenvalue weighted by molar-refractivity contribution is 9.10. The number of rotatable bonds is 4. The molecule has 0 spiro atoms. The van der Waals surface area contributed by atoms with Gasteiger partial charge in [0.2, 0.25) is 0 Å². The number of aliphatic carboxylic acids is 1. The summed E-state index contributed by atoms with van der Waals surface area (Å²) < 4.78 is 6.43. The molecule has 1 aromatic rings. The molecule has 2 unspecified atom stereocenters. The maximum atomic E-state index is 11.2. The van der Waals surface area contributed by atoms with Crippen molar-refractivity contribution in [3.8, 4) is 5.75 Å². The van der Waals surface area contributed by atoms with Crippen LogP contribution in [0.5, 0.6) is 5.75 Å². The number of carboxylic acids is 1. The molecule has 2 atom stereocenters. The van der Waals surface area contributed by atoms with Crippen molar-refractivity contribution in [3.05, 3.63) is 28.2 Å². The highest BCUT2D eigenvalue weighted by Crippen LogP contribution is 2.34. The van der Waals surface area contributed by atoms with E-state index >= 15 is 0 Å². The largest absolute Gasteiger partial charge is 0.496 e. The lowest BCUT2D eigenvalue weighted by atomic mass is 9.95. The summed E-state index contributed by atoms with van der Waals surface area (Å²) in [6, 6.07) is 6.08. The van der Waals surface area contributed by atoms with Gasteiger partial charge in [-0.1, -0.05) is 15.9 Å². The zero-order valence-corrected chi connectivity index (χ0v) is 13.4. The summed E-state index contributed by atoms with van der Waals surface area (Å²) in [6.45, 7) is 3.64. The number of carbonyl (C=O) groups is 1. The topological polar surface area (TPSA) is 49.8 Å². The van der Waals surface area contributed by atoms with Crippen LogP contribution in [0.15, 0.2) is 22.7 Å². The summed E-state index contributed by atoms with van der Waals surface area (Å²) in [5, 5.41) is 9.19. The molecule has 4 nitrogen and oxygen atoms in total. The average molecular weight is 342 g/mol. The van der Waals surface area contributed by atoms with E-state index in [1.54, 1.807) is 7.11 Å². The van der Waals surface area contributed by atoms with Crippen LogP contribution in [0.3, 0.4) is 0 Å². The third-order valence-electron chi connectivity index (χ3n) is 3.99. The Bertz CT molecular complexity index is 492. The lowest BCUT2D eigenvalue weighted by Crippen LogP contribution is -2.40. The predicted octanol–water partition coefficient (Wildman–Crippen LogP) is 3.32. The molecular formula is C15H20BrNO3. The van der Waals surface area contributed by atoms with E-state index in [4.69, 9.17) is 4.74 Å². The highest BCUT2D eigenvalue weighted by atomic mass is 79.9. The molecular weight excluding hydrogens is 322 g/mol. The van der Waals surface area contributed by atoms with Crippen molar-refractivity contribution >= 4 is 21.9 Å². The number of methoxy groups -OCH3 is 1. The van der Waals surface area contributed by atoms with E-state index in [1.807, 2.05) is 18.2 Å². The number of carboxylic acid groups (broad SMARTS) is 1. The van der Waals surface area contributed by atoms with Gasteiger partial charge in [0.15, 0.2) is 0 Å². The Morgan fingerprint density at radius 2 is 2.30 bits per heavy atom. The number of hydrogen-bond donors (Lipinski definition) is 1. The fraction of sp³-hybridized carbons (Fsp3) is 0.533. The maximum absolute atomic E-state index is 11.2. The van der Waals surface area contributed by atoms with Crippen molar-refractivity contribution in [1.82, 2.24) is 4.90 Å². The quantitative estimate of drug-likeness (QED) is 0.912. The maximum Gasteiger partial charge on any atom is 0.307 e. The Hall–Kier alpha value is -1.07. The fourth-order valence-corrected chi connectivity index (χ4v) is 3.17. The number of nitrogens with zero attached hydrogens (tertiary/aromatic N) is 1. The summed E-state index contributed by atoms with van der Waals surface area (Å²) in [5.74, 6) is -0.106. The van der Waals surface area contributed by atoms with Crippen molar-refractivity contribution in [3.63, 3.8) is 0 Å². The molecule has 2 rings (SSSR count). The van der Waals surface area contributed by atoms with E-state index in [-0.39, 0.29) is 12.0 Å². The van der Waals surface area contributed by atoms with Crippen LogP contribution >= 0.6 is 15.9 Å². The lowest BCUT2D eigenvalue weighted by molar-refractivity contribution is -0.143. The van der Waals surface area contributed by atoms with Crippen molar-refractivity contribution in [2.75, 3.05) is 20.2 Å². The first-order valence-corrected chi connectivity index (χ1v) is 7.62. The monoisotopic (exact) mass is 341 g/mol. The Labute approximate surface area is 127 Å². The Morgan fingerprint density at radius 1 is 1.55 bits per heavy atom. The summed E-state index contributed by atoms with van der Waals surface area (Å²) in [5.41, 5.74) is 1.09. The molecule has 0 saturated carbocycles. The number of likely N-dealkylation sites (tertiary alicyclic amines) is 1. The van der Waals surface area contributed by atoms with Crippen LogP contribution in [-0.2, 0) is 4.79 Å². The first-order valence-electron chi connectivity index (χ1n) is 6.83. The molecule has 1 fully saturated rings. The molecule has 1 aliphatic rings. The zero-order chi connectivity index (χ0) is 14.7. The first-order chi connectivity index (χ1) is 9.52. The normalized spacial score (nSPS) is 21.4. The molecule has 0 radical (unpaired) electrons. The van der Waals surface area contributed by atoms with Crippen LogP contribution in [0.25, 0.3) is 0 Å². The smallest absolute Gasteiger partial charge is 0.307 e. The van der Waals surface area contributed by atoms with Gasteiger partial charge in [-0.15, -0.1) is 0 Å². The van der Waals surface area contributed by atoms with E-state index in [1.165, 1.54) is 0 Å². The summed E-state index contributed by atoms with van der Waals surface area (Å²) in [6.07, 6.45) is 1.70. The molecule has 0 bridgehead atoms. The van der Waals surface area contributed by atoms with Crippen LogP contribution in [-0.4, -0.2) is 36.2 Å². The van der Waals surface area contributed by atoms with Crippen LogP contribution in [0.4, 0.5) is 0 Å². The second-order valence-electron chi connectivity index (χ2n) is 5.23. The molecule has 5 heteroatoms. The molecule has 20 heavy (non-hydrogen) atoms. The first kappa shape index (κ1) is 15.3. The fourth-order valence-electron chi connectivity index (χ4n) is 2.79. The van der Waals surface area contributed by atoms with Crippen molar-refractivity contribution in [1.29, 1.82) is 0 Å². The van der Waals surface area contributed by atoms with Gasteiger partial charge >= 0.3 is 5.97 Å². The van der Waals surface area contributed by atoms with E-state index in [0.29, 0.717) is 6.54 Å². The van der Waals surface area contributed by atoms with Crippen molar-refractivity contribution in [2.45, 2.75) is 25.8 Å². The van der Waals surface area contributed by atoms with Gasteiger partial charge in [0.1, 0.15) is 5.75 Å². The van der Waals surface area contributed by atoms with E-state index in [9.17, 15) is 9.90 Å². The minimum Gasteiger partial charge on any atom is -0.496 e. The Kier molecular flexibility index (Phi) is 5.05. The lowest BCUT2D eigenvalue weighted by Gasteiger charge is -2.36. The Morgan fingerprint density at radius 3 is 2.95 bits per heavy atom. The van der Waals surface area contributed by atoms with Crippen LogP contribution in [0, 0.1) is 5.92 Å². The molecule has 0 aromatic heterocycles. The molecule has 1 N–H and O–H groups in total. The van der Waals surface area contributed by atoms with Gasteiger partial charge in [-0.2, -0.15) is 0 Å². The van der Waals surface area contributed by atoms with Gasteiger partial charge in [-0.25, -0.2) is 0 Å². The van der Waals surface area contributed by atoms with Gasteiger partial charge < -0.3 is 9.84 Å². The van der Waals surface area contributed by atoms with Crippen LogP contribution in [0.1, 0.15) is 31.4 Å². The van der Waals surface area contributed by atoms with Gasteiger partial charge in [0, 0.05) is 22.6 Å². The standard InChI is InChI=1S/C15H20BrNO3/c1-10(13-8-12(16)5-6-14(13)20-2)17-7-3-4-11(9-17)15(18)19/h5-6,8,10-11H,3-4,7,9H2,1-2H3,(H,18,19). The number of hydrogen-bond acceptors (Lipinski definition) is 3. The molecule has 110 valence electrons. The van der Waals surface area contributed by atoms with Crippen molar-refractivity contribution in [2.24, 2.45) is 5.92 Å². The average Bonchev–Trinajstić information content (AvgIpc) is 2.46. The number of halogens is 1. The molecule has 1 heterocycles. The second-order valence-corrected chi connectivity index (χ2v) is 6.15. The van der Waals surface area contributed by atoms with Gasteiger partial charge in [-0.3, -0.25) is 9.69 Å². The number of piperidine rings is 1. The number of ether oxygens (including phenoxy) is 1. The van der Waals surface area contributed by atoms with Gasteiger partial charge in [-0.05, 0) is 44.5 Å². The van der Waals surface area contributed by atoms with E-state index in [0.717, 1.165) is 35.2 Å². The molecule has 1 aliphatic heterocycles. The molecule has 0 aliphatic carbocycles. The van der Waals surface area contributed by atoms with E-state index < -0.39 is 5.97 Å². The van der Waals surface area contributed by atoms with Crippen molar-refractivity contribution < 1.29 is 14.6 Å². The van der Waals surface area contributed by atoms with E-state index in [2.05, 4.69) is 27.8 Å². The minimum absolute atomic E-state index is 0.143. The molecule has 1 aromatic carbocycles. The molecule has 0 amide bonds. The van der Waals surface area contributed by atoms with Crippen LogP contribution in [0.2, 0.25) is 0 Å². The SMILES string of the molecule is COc1ccc(Br)cc1C(C)N1CCCC(C(=O)O)C1. The van der Waals surface area contributed by atoms with Gasteiger partial charge in [0.05, 0.1) is 13.0 Å². The van der Waals surface area contributed by atoms with Gasteiger partial charge in [0.25, 0.3) is 0 Å². The predicted molar refractivity (Wildman–Crippen MR) is 81.0 cm³/mol. The third-order valence-corrected chi connectivity index (χ3v) is 4.48. The molecule has 1 saturated heterocycles. The third kappa shape index (κ3) is 3.33.